The Morgan fingerprint density at radius 1 is 1.28 bits per heavy atom. The average Bonchev–Trinajstić information content (AvgIpc) is 3.21. The summed E-state index contributed by atoms with van der Waals surface area (Å²) in [7, 11) is -0.600. The third kappa shape index (κ3) is 4.36. The number of thiophene rings is 1. The molecule has 0 radical (unpaired) electrons. The van der Waals surface area contributed by atoms with E-state index in [-0.39, 0.29) is 17.3 Å². The van der Waals surface area contributed by atoms with Crippen molar-refractivity contribution in [2.75, 3.05) is 14.1 Å². The summed E-state index contributed by atoms with van der Waals surface area (Å²) >= 11 is 1.41. The Hall–Kier alpha value is -2.23. The molecule has 3 aromatic rings. The smallest absolute Gasteiger partial charge is 0.261 e. The van der Waals surface area contributed by atoms with E-state index < -0.39 is 10.0 Å². The monoisotopic (exact) mass is 434 g/mol. The minimum absolute atomic E-state index is 0.132. The average molecular weight is 435 g/mol. The lowest BCUT2D eigenvalue weighted by Crippen LogP contribution is -2.26. The Bertz CT molecular complexity index is 1140. The fourth-order valence-electron chi connectivity index (χ4n) is 3.06. The number of fused-ring (bicyclic) bond motifs is 1. The molecule has 0 fully saturated rings. The maximum absolute atomic E-state index is 12.7. The third-order valence-electron chi connectivity index (χ3n) is 4.54. The van der Waals surface area contributed by atoms with Gasteiger partial charge >= 0.3 is 0 Å². The molecule has 0 aliphatic rings. The number of carbonyl (C=O) groups is 1. The van der Waals surface area contributed by atoms with Crippen LogP contribution in [-0.2, 0) is 23.1 Å². The number of rotatable bonds is 7. The molecule has 29 heavy (non-hydrogen) atoms. The van der Waals surface area contributed by atoms with E-state index in [2.05, 4.69) is 24.3 Å². The van der Waals surface area contributed by atoms with Crippen LogP contribution < -0.4 is 5.32 Å². The van der Waals surface area contributed by atoms with Crippen molar-refractivity contribution in [3.05, 3.63) is 46.5 Å². The highest BCUT2D eigenvalue weighted by Gasteiger charge is 2.22. The zero-order valence-electron chi connectivity index (χ0n) is 17.3. The van der Waals surface area contributed by atoms with Gasteiger partial charge in [-0.1, -0.05) is 32.0 Å². The third-order valence-corrected chi connectivity index (χ3v) is 7.60. The Kier molecular flexibility index (Phi) is 6.11. The number of sulfonamides is 1. The van der Waals surface area contributed by atoms with Gasteiger partial charge in [-0.15, -0.1) is 11.3 Å². The summed E-state index contributed by atoms with van der Waals surface area (Å²) in [6.07, 6.45) is 0. The summed E-state index contributed by atoms with van der Waals surface area (Å²) in [6.45, 7) is 7.12. The second kappa shape index (κ2) is 8.25. The van der Waals surface area contributed by atoms with E-state index in [0.29, 0.717) is 16.4 Å². The molecule has 0 atom stereocenters. The van der Waals surface area contributed by atoms with Gasteiger partial charge in [0, 0.05) is 32.6 Å². The minimum Gasteiger partial charge on any atom is -0.347 e. The number of aryl methyl sites for hydroxylation is 1. The molecular formula is C20H26N4O3S2. The van der Waals surface area contributed by atoms with Crippen LogP contribution in [0.15, 0.2) is 35.2 Å². The van der Waals surface area contributed by atoms with Gasteiger partial charge < -0.3 is 5.32 Å². The molecular weight excluding hydrogens is 408 g/mol. The first-order chi connectivity index (χ1) is 13.6. The first kappa shape index (κ1) is 21.5. The summed E-state index contributed by atoms with van der Waals surface area (Å²) in [6, 6.07) is 8.57. The Balaban J connectivity index is 1.82. The highest BCUT2D eigenvalue weighted by atomic mass is 32.2. The number of nitrogens with zero attached hydrogens (tertiary/aromatic N) is 3. The lowest BCUT2D eigenvalue weighted by Gasteiger charge is -2.15. The lowest BCUT2D eigenvalue weighted by molar-refractivity contribution is 0.0954. The molecule has 0 aliphatic carbocycles. The van der Waals surface area contributed by atoms with E-state index in [9.17, 15) is 13.2 Å². The SMILES string of the molecule is Cc1nn(CC(C)C)c2sc(C(=O)NCc3ccccc3S(=O)(=O)N(C)C)cc12. The van der Waals surface area contributed by atoms with Crippen LogP contribution >= 0.6 is 11.3 Å². The number of hydrogen-bond acceptors (Lipinski definition) is 5. The van der Waals surface area contributed by atoms with Crippen LogP contribution in [0.2, 0.25) is 0 Å². The predicted molar refractivity (Wildman–Crippen MR) is 116 cm³/mol. The molecule has 9 heteroatoms. The molecule has 7 nitrogen and oxygen atoms in total. The van der Waals surface area contributed by atoms with E-state index in [1.807, 2.05) is 17.7 Å². The molecule has 1 aromatic carbocycles. The van der Waals surface area contributed by atoms with Crippen molar-refractivity contribution >= 4 is 37.5 Å². The molecule has 156 valence electrons. The summed E-state index contributed by atoms with van der Waals surface area (Å²) in [5.41, 5.74) is 1.45. The van der Waals surface area contributed by atoms with Crippen molar-refractivity contribution in [3.8, 4) is 0 Å². The molecule has 0 bridgehead atoms. The van der Waals surface area contributed by atoms with Crippen molar-refractivity contribution in [1.82, 2.24) is 19.4 Å². The predicted octanol–water partition coefficient (Wildman–Crippen LogP) is 3.24. The van der Waals surface area contributed by atoms with Gasteiger partial charge in [-0.3, -0.25) is 9.48 Å². The second-order valence-electron chi connectivity index (χ2n) is 7.57. The minimum atomic E-state index is -3.58. The van der Waals surface area contributed by atoms with Gasteiger partial charge in [-0.25, -0.2) is 12.7 Å². The summed E-state index contributed by atoms with van der Waals surface area (Å²) in [4.78, 5) is 14.5. The van der Waals surface area contributed by atoms with E-state index in [0.717, 1.165) is 22.5 Å². The van der Waals surface area contributed by atoms with Crippen molar-refractivity contribution < 1.29 is 13.2 Å². The van der Waals surface area contributed by atoms with Gasteiger partial charge in [0.05, 0.1) is 15.5 Å². The molecule has 1 amide bonds. The van der Waals surface area contributed by atoms with Gasteiger partial charge in [-0.05, 0) is 30.5 Å². The number of carbonyl (C=O) groups excluding carboxylic acids is 1. The molecule has 2 aromatic heterocycles. The Labute approximate surface area is 175 Å². The van der Waals surface area contributed by atoms with Gasteiger partial charge in [-0.2, -0.15) is 5.10 Å². The van der Waals surface area contributed by atoms with Gasteiger partial charge in [0.2, 0.25) is 10.0 Å². The van der Waals surface area contributed by atoms with Crippen molar-refractivity contribution in [2.24, 2.45) is 5.92 Å². The van der Waals surface area contributed by atoms with Gasteiger partial charge in [0.25, 0.3) is 5.91 Å². The number of aromatic nitrogens is 2. The molecule has 0 aliphatic heterocycles. The molecule has 0 spiro atoms. The first-order valence-corrected chi connectivity index (χ1v) is 11.6. The van der Waals surface area contributed by atoms with Crippen molar-refractivity contribution in [2.45, 2.75) is 38.8 Å². The van der Waals surface area contributed by atoms with E-state index in [4.69, 9.17) is 0 Å². The zero-order chi connectivity index (χ0) is 21.3. The van der Waals surface area contributed by atoms with E-state index in [1.165, 1.54) is 29.7 Å². The molecule has 1 N–H and O–H groups in total. The van der Waals surface area contributed by atoms with Crippen LogP contribution in [0, 0.1) is 12.8 Å². The fraction of sp³-hybridized carbons (Fsp3) is 0.400. The maximum Gasteiger partial charge on any atom is 0.261 e. The number of nitrogens with one attached hydrogen (secondary N) is 1. The van der Waals surface area contributed by atoms with E-state index >= 15 is 0 Å². The second-order valence-corrected chi connectivity index (χ2v) is 10.7. The molecule has 0 saturated heterocycles. The molecule has 0 unspecified atom stereocenters. The van der Waals surface area contributed by atoms with Crippen LogP contribution in [-0.4, -0.2) is 42.5 Å². The summed E-state index contributed by atoms with van der Waals surface area (Å²) < 4.78 is 28.2. The Morgan fingerprint density at radius 2 is 1.97 bits per heavy atom. The lowest BCUT2D eigenvalue weighted by atomic mass is 10.2. The molecule has 3 rings (SSSR count). The van der Waals surface area contributed by atoms with Crippen LogP contribution in [0.4, 0.5) is 0 Å². The highest BCUT2D eigenvalue weighted by molar-refractivity contribution is 7.89. The number of hydrogen-bond donors (Lipinski definition) is 1. The largest absolute Gasteiger partial charge is 0.347 e. The normalized spacial score (nSPS) is 12.2. The number of amides is 1. The highest BCUT2D eigenvalue weighted by Crippen LogP contribution is 2.29. The van der Waals surface area contributed by atoms with Gasteiger partial charge in [0.1, 0.15) is 4.83 Å². The fourth-order valence-corrected chi connectivity index (χ4v) is 5.26. The maximum atomic E-state index is 12.7. The standard InChI is InChI=1S/C20H26N4O3S2/c1-13(2)12-24-20-16(14(3)22-24)10-17(28-20)19(25)21-11-15-8-6-7-9-18(15)29(26,27)23(4)5/h6-10,13H,11-12H2,1-5H3,(H,21,25). The van der Waals surface area contributed by atoms with Crippen LogP contribution in [0.3, 0.4) is 0 Å². The Morgan fingerprint density at radius 3 is 2.62 bits per heavy atom. The zero-order valence-corrected chi connectivity index (χ0v) is 18.9. The van der Waals surface area contributed by atoms with Gasteiger partial charge in [0.15, 0.2) is 0 Å². The van der Waals surface area contributed by atoms with Crippen LogP contribution in [0.5, 0.6) is 0 Å². The van der Waals surface area contributed by atoms with Crippen molar-refractivity contribution in [3.63, 3.8) is 0 Å². The quantitative estimate of drug-likeness (QED) is 0.619. The summed E-state index contributed by atoms with van der Waals surface area (Å²) in [5, 5.41) is 8.40. The molecule has 2 heterocycles. The topological polar surface area (TPSA) is 84.3 Å². The van der Waals surface area contributed by atoms with Crippen LogP contribution in [0.25, 0.3) is 10.2 Å². The first-order valence-electron chi connectivity index (χ1n) is 9.37. The van der Waals surface area contributed by atoms with Crippen molar-refractivity contribution in [1.29, 1.82) is 0 Å². The molecule has 0 saturated carbocycles. The van der Waals surface area contributed by atoms with Crippen LogP contribution in [0.1, 0.15) is 34.8 Å². The van der Waals surface area contributed by atoms with E-state index in [1.54, 1.807) is 24.3 Å². The number of benzene rings is 1. The summed E-state index contributed by atoms with van der Waals surface area (Å²) in [5.74, 6) is 0.228.